The van der Waals surface area contributed by atoms with Gasteiger partial charge in [-0.1, -0.05) is 60.7 Å². The first-order valence-electron chi connectivity index (χ1n) is 9.35. The number of anilines is 1. The van der Waals surface area contributed by atoms with E-state index in [0.29, 0.717) is 5.69 Å². The van der Waals surface area contributed by atoms with E-state index in [1.54, 1.807) is 18.2 Å². The minimum atomic E-state index is -3.85. The Kier molecular flexibility index (Phi) is 6.46. The van der Waals surface area contributed by atoms with E-state index in [9.17, 15) is 13.2 Å². The van der Waals surface area contributed by atoms with Crippen molar-refractivity contribution in [1.82, 2.24) is 4.72 Å². The molecule has 0 aliphatic carbocycles. The summed E-state index contributed by atoms with van der Waals surface area (Å²) in [5, 5.41) is 2.88. The summed E-state index contributed by atoms with van der Waals surface area (Å²) in [7, 11) is -3.85. The average Bonchev–Trinajstić information content (AvgIpc) is 2.72. The third-order valence-corrected chi connectivity index (χ3v) is 6.30. The Bertz CT molecular complexity index is 1080. The first-order valence-corrected chi connectivity index (χ1v) is 10.8. The van der Waals surface area contributed by atoms with Crippen molar-refractivity contribution in [3.8, 4) is 0 Å². The molecule has 0 unspecified atom stereocenters. The lowest BCUT2D eigenvalue weighted by Gasteiger charge is -2.20. The van der Waals surface area contributed by atoms with Crippen LogP contribution in [0.4, 0.5) is 5.69 Å². The zero-order valence-corrected chi connectivity index (χ0v) is 17.2. The zero-order chi connectivity index (χ0) is 20.9. The lowest BCUT2D eigenvalue weighted by atomic mass is 10.0. The summed E-state index contributed by atoms with van der Waals surface area (Å²) in [4.78, 5) is 13.2. The summed E-state index contributed by atoms with van der Waals surface area (Å²) < 4.78 is 28.2. The number of amides is 1. The van der Waals surface area contributed by atoms with Crippen molar-refractivity contribution in [2.45, 2.75) is 31.2 Å². The maximum absolute atomic E-state index is 13.1. The van der Waals surface area contributed by atoms with Crippen LogP contribution in [0.15, 0.2) is 83.8 Å². The first kappa shape index (κ1) is 20.8. The standard InChI is InChI=1S/C23H24N2O3S/c1-17-10-9-15-21(18(17)2)24-23(26)22(16-19-11-5-3-6-12-19)25-29(27,28)20-13-7-4-8-14-20/h3-15,22,25H,16H2,1-2H3,(H,24,26)/t22-/m1/s1. The highest BCUT2D eigenvalue weighted by molar-refractivity contribution is 7.89. The van der Waals surface area contributed by atoms with E-state index in [1.165, 1.54) is 12.1 Å². The molecule has 0 saturated carbocycles. The summed E-state index contributed by atoms with van der Waals surface area (Å²) >= 11 is 0. The van der Waals surface area contributed by atoms with Crippen molar-refractivity contribution in [3.05, 3.63) is 95.6 Å². The predicted molar refractivity (Wildman–Crippen MR) is 115 cm³/mol. The van der Waals surface area contributed by atoms with Gasteiger partial charge in [0.05, 0.1) is 4.90 Å². The van der Waals surface area contributed by atoms with E-state index in [-0.39, 0.29) is 11.3 Å². The lowest BCUT2D eigenvalue weighted by molar-refractivity contribution is -0.117. The minimum absolute atomic E-state index is 0.123. The molecular formula is C23H24N2O3S. The van der Waals surface area contributed by atoms with Gasteiger partial charge in [-0.3, -0.25) is 4.79 Å². The Labute approximate surface area is 171 Å². The fraction of sp³-hybridized carbons (Fsp3) is 0.174. The number of hydrogen-bond acceptors (Lipinski definition) is 3. The molecule has 150 valence electrons. The number of benzene rings is 3. The smallest absolute Gasteiger partial charge is 0.242 e. The van der Waals surface area contributed by atoms with Crippen LogP contribution in [0.5, 0.6) is 0 Å². The molecule has 5 nitrogen and oxygen atoms in total. The quantitative estimate of drug-likeness (QED) is 0.624. The van der Waals surface area contributed by atoms with Gasteiger partial charge in [0.1, 0.15) is 6.04 Å². The first-order chi connectivity index (χ1) is 13.9. The molecule has 0 heterocycles. The van der Waals surface area contributed by atoms with E-state index >= 15 is 0 Å². The monoisotopic (exact) mass is 408 g/mol. The van der Waals surface area contributed by atoms with Gasteiger partial charge >= 0.3 is 0 Å². The molecule has 0 bridgehead atoms. The van der Waals surface area contributed by atoms with Crippen LogP contribution in [0.1, 0.15) is 16.7 Å². The van der Waals surface area contributed by atoms with Crippen LogP contribution in [0.3, 0.4) is 0 Å². The molecular weight excluding hydrogens is 384 g/mol. The number of carbonyl (C=O) groups excluding carboxylic acids is 1. The van der Waals surface area contributed by atoms with Crippen LogP contribution in [0.2, 0.25) is 0 Å². The fourth-order valence-corrected chi connectivity index (χ4v) is 4.22. The van der Waals surface area contributed by atoms with Gasteiger partial charge in [-0.2, -0.15) is 4.72 Å². The molecule has 3 aromatic carbocycles. The molecule has 0 saturated heterocycles. The SMILES string of the molecule is Cc1cccc(NC(=O)[C@@H](Cc2ccccc2)NS(=O)(=O)c2ccccc2)c1C. The van der Waals surface area contributed by atoms with Crippen molar-refractivity contribution >= 4 is 21.6 Å². The highest BCUT2D eigenvalue weighted by Crippen LogP contribution is 2.19. The lowest BCUT2D eigenvalue weighted by Crippen LogP contribution is -2.45. The van der Waals surface area contributed by atoms with Crippen molar-refractivity contribution in [2.75, 3.05) is 5.32 Å². The van der Waals surface area contributed by atoms with Gasteiger partial charge in [0.15, 0.2) is 0 Å². The van der Waals surface area contributed by atoms with E-state index < -0.39 is 22.0 Å². The maximum atomic E-state index is 13.1. The summed E-state index contributed by atoms with van der Waals surface area (Å²) in [5.74, 6) is -0.401. The van der Waals surface area contributed by atoms with E-state index in [0.717, 1.165) is 16.7 Å². The van der Waals surface area contributed by atoms with Gasteiger partial charge in [0.25, 0.3) is 0 Å². The Balaban J connectivity index is 1.88. The second-order valence-corrected chi connectivity index (χ2v) is 8.63. The topological polar surface area (TPSA) is 75.3 Å². The molecule has 1 atom stereocenters. The Hall–Kier alpha value is -2.96. The van der Waals surface area contributed by atoms with Gasteiger partial charge in [-0.25, -0.2) is 8.42 Å². The molecule has 3 rings (SSSR count). The van der Waals surface area contributed by atoms with Crippen LogP contribution in [0.25, 0.3) is 0 Å². The van der Waals surface area contributed by atoms with Crippen LogP contribution < -0.4 is 10.0 Å². The van der Waals surface area contributed by atoms with Crippen LogP contribution in [-0.2, 0) is 21.2 Å². The van der Waals surface area contributed by atoms with Gasteiger partial charge in [-0.05, 0) is 55.2 Å². The fourth-order valence-electron chi connectivity index (χ4n) is 3.00. The Morgan fingerprint density at radius 1 is 0.862 bits per heavy atom. The molecule has 0 aliphatic heterocycles. The molecule has 1 amide bonds. The van der Waals surface area contributed by atoms with E-state index in [2.05, 4.69) is 10.0 Å². The van der Waals surface area contributed by atoms with E-state index in [4.69, 9.17) is 0 Å². The van der Waals surface area contributed by atoms with Gasteiger partial charge in [-0.15, -0.1) is 0 Å². The average molecular weight is 409 g/mol. The number of sulfonamides is 1. The number of nitrogens with one attached hydrogen (secondary N) is 2. The molecule has 0 radical (unpaired) electrons. The molecule has 0 fully saturated rings. The second kappa shape index (κ2) is 9.03. The molecule has 0 spiro atoms. The van der Waals surface area contributed by atoms with Gasteiger partial charge in [0.2, 0.25) is 15.9 Å². The molecule has 6 heteroatoms. The molecule has 3 aromatic rings. The summed E-state index contributed by atoms with van der Waals surface area (Å²) in [6.45, 7) is 3.88. The number of carbonyl (C=O) groups is 1. The maximum Gasteiger partial charge on any atom is 0.242 e. The largest absolute Gasteiger partial charge is 0.324 e. The molecule has 29 heavy (non-hydrogen) atoms. The Morgan fingerprint density at radius 2 is 1.48 bits per heavy atom. The summed E-state index contributed by atoms with van der Waals surface area (Å²) in [6, 6.07) is 22.1. The summed E-state index contributed by atoms with van der Waals surface area (Å²) in [6.07, 6.45) is 0.240. The number of rotatable bonds is 7. The third-order valence-electron chi connectivity index (χ3n) is 4.81. The predicted octanol–water partition coefficient (Wildman–Crippen LogP) is 3.83. The molecule has 0 aromatic heterocycles. The van der Waals surface area contributed by atoms with Gasteiger partial charge < -0.3 is 5.32 Å². The van der Waals surface area contributed by atoms with Crippen molar-refractivity contribution < 1.29 is 13.2 Å². The highest BCUT2D eigenvalue weighted by atomic mass is 32.2. The summed E-state index contributed by atoms with van der Waals surface area (Å²) in [5.41, 5.74) is 3.54. The van der Waals surface area contributed by atoms with Crippen molar-refractivity contribution in [2.24, 2.45) is 0 Å². The second-order valence-electron chi connectivity index (χ2n) is 6.91. The van der Waals surface area contributed by atoms with E-state index in [1.807, 2.05) is 62.4 Å². The zero-order valence-electron chi connectivity index (χ0n) is 16.4. The number of aryl methyl sites for hydroxylation is 1. The number of hydrogen-bond donors (Lipinski definition) is 2. The Morgan fingerprint density at radius 3 is 2.14 bits per heavy atom. The van der Waals surface area contributed by atoms with Crippen molar-refractivity contribution in [1.29, 1.82) is 0 Å². The highest BCUT2D eigenvalue weighted by Gasteiger charge is 2.26. The normalized spacial score (nSPS) is 12.3. The minimum Gasteiger partial charge on any atom is -0.324 e. The molecule has 0 aliphatic rings. The van der Waals surface area contributed by atoms with Crippen LogP contribution in [-0.4, -0.2) is 20.4 Å². The molecule has 2 N–H and O–H groups in total. The van der Waals surface area contributed by atoms with Crippen LogP contribution in [0, 0.1) is 13.8 Å². The van der Waals surface area contributed by atoms with Crippen molar-refractivity contribution in [3.63, 3.8) is 0 Å². The third kappa shape index (κ3) is 5.31. The van der Waals surface area contributed by atoms with Crippen LogP contribution >= 0.6 is 0 Å². The van der Waals surface area contributed by atoms with Gasteiger partial charge in [0, 0.05) is 5.69 Å².